The lowest BCUT2D eigenvalue weighted by molar-refractivity contribution is -0.145. The molecule has 0 aromatic heterocycles. The summed E-state index contributed by atoms with van der Waals surface area (Å²) < 4.78 is 0. The van der Waals surface area contributed by atoms with Gasteiger partial charge in [0.1, 0.15) is 6.54 Å². The Bertz CT molecular complexity index is 543. The monoisotopic (exact) mass is 336 g/mol. The molecule has 0 aliphatic carbocycles. The summed E-state index contributed by atoms with van der Waals surface area (Å²) in [6.07, 6.45) is 4.85. The molecule has 0 aliphatic rings. The number of rotatable bonds is 9. The zero-order chi connectivity index (χ0) is 17.2. The van der Waals surface area contributed by atoms with E-state index in [9.17, 15) is 9.59 Å². The SMILES string of the molecule is CCCCc1ccc(C=NN(CC(=O)O)C(=O)C(C)CS)cc1. The lowest BCUT2D eigenvalue weighted by atomic mass is 10.1. The highest BCUT2D eigenvalue weighted by atomic mass is 32.1. The zero-order valence-electron chi connectivity index (χ0n) is 13.6. The third-order valence-electron chi connectivity index (χ3n) is 3.38. The van der Waals surface area contributed by atoms with Crippen molar-refractivity contribution in [2.75, 3.05) is 12.3 Å². The van der Waals surface area contributed by atoms with Gasteiger partial charge in [-0.1, -0.05) is 44.5 Å². The average molecular weight is 336 g/mol. The van der Waals surface area contributed by atoms with Crippen molar-refractivity contribution in [1.82, 2.24) is 5.01 Å². The molecule has 23 heavy (non-hydrogen) atoms. The van der Waals surface area contributed by atoms with E-state index in [-0.39, 0.29) is 11.8 Å². The van der Waals surface area contributed by atoms with Gasteiger partial charge >= 0.3 is 5.97 Å². The van der Waals surface area contributed by atoms with Crippen molar-refractivity contribution in [3.63, 3.8) is 0 Å². The molecule has 1 amide bonds. The molecule has 0 fully saturated rings. The summed E-state index contributed by atoms with van der Waals surface area (Å²) in [4.78, 5) is 23.0. The number of hydrazone groups is 1. The number of hydrogen-bond donors (Lipinski definition) is 2. The van der Waals surface area contributed by atoms with Crippen LogP contribution in [-0.2, 0) is 16.0 Å². The van der Waals surface area contributed by atoms with Crippen molar-refractivity contribution in [2.45, 2.75) is 33.1 Å². The van der Waals surface area contributed by atoms with Crippen molar-refractivity contribution in [1.29, 1.82) is 0 Å². The van der Waals surface area contributed by atoms with Gasteiger partial charge in [0.05, 0.1) is 6.21 Å². The molecule has 1 aromatic carbocycles. The maximum atomic E-state index is 12.1. The molecule has 0 saturated heterocycles. The minimum Gasteiger partial charge on any atom is -0.480 e. The summed E-state index contributed by atoms with van der Waals surface area (Å²) in [6, 6.07) is 7.88. The number of carbonyl (C=O) groups excluding carboxylic acids is 1. The molecule has 1 aromatic rings. The van der Waals surface area contributed by atoms with Crippen LogP contribution in [0.4, 0.5) is 0 Å². The maximum absolute atomic E-state index is 12.1. The van der Waals surface area contributed by atoms with Crippen molar-refractivity contribution in [3.8, 4) is 0 Å². The van der Waals surface area contributed by atoms with Crippen molar-refractivity contribution in [3.05, 3.63) is 35.4 Å². The highest BCUT2D eigenvalue weighted by Gasteiger charge is 2.20. The van der Waals surface area contributed by atoms with Crippen LogP contribution in [0, 0.1) is 5.92 Å². The van der Waals surface area contributed by atoms with Crippen LogP contribution in [0.3, 0.4) is 0 Å². The number of nitrogens with zero attached hydrogens (tertiary/aromatic N) is 2. The van der Waals surface area contributed by atoms with Crippen molar-refractivity contribution >= 4 is 30.7 Å². The minimum atomic E-state index is -1.10. The van der Waals surface area contributed by atoms with E-state index >= 15 is 0 Å². The fourth-order valence-electron chi connectivity index (χ4n) is 1.92. The predicted octanol–water partition coefficient (Wildman–Crippen LogP) is 2.84. The number of hydrogen-bond acceptors (Lipinski definition) is 4. The highest BCUT2D eigenvalue weighted by Crippen LogP contribution is 2.08. The zero-order valence-corrected chi connectivity index (χ0v) is 14.5. The van der Waals surface area contributed by atoms with Gasteiger partial charge in [-0.05, 0) is 24.0 Å². The third-order valence-corrected chi connectivity index (χ3v) is 3.93. The molecule has 1 rings (SSSR count). The molecule has 5 nitrogen and oxygen atoms in total. The van der Waals surface area contributed by atoms with Gasteiger partial charge in [-0.25, -0.2) is 5.01 Å². The molecule has 6 heteroatoms. The van der Waals surface area contributed by atoms with E-state index in [1.165, 1.54) is 11.8 Å². The Kier molecular flexibility index (Phi) is 8.40. The number of aryl methyl sites for hydroxylation is 1. The average Bonchev–Trinajstić information content (AvgIpc) is 2.55. The number of carbonyl (C=O) groups is 2. The summed E-state index contributed by atoms with van der Waals surface area (Å²) in [5, 5.41) is 13.9. The third kappa shape index (κ3) is 6.86. The summed E-state index contributed by atoms with van der Waals surface area (Å²) in [7, 11) is 0. The van der Waals surface area contributed by atoms with Crippen LogP contribution in [0.15, 0.2) is 29.4 Å². The van der Waals surface area contributed by atoms with Gasteiger partial charge in [0, 0.05) is 11.7 Å². The molecule has 0 bridgehead atoms. The summed E-state index contributed by atoms with van der Waals surface area (Å²) in [6.45, 7) is 3.39. The fourth-order valence-corrected chi connectivity index (χ4v) is 2.08. The number of amides is 1. The second-order valence-corrected chi connectivity index (χ2v) is 5.83. The van der Waals surface area contributed by atoms with Gasteiger partial charge in [0.25, 0.3) is 0 Å². The summed E-state index contributed by atoms with van der Waals surface area (Å²) in [5.74, 6) is -1.49. The standard InChI is InChI=1S/C17H24N2O3S/c1-3-4-5-14-6-8-15(9-7-14)10-18-19(11-16(20)21)17(22)13(2)12-23/h6-10,13,23H,3-5,11-12H2,1-2H3,(H,20,21). The lowest BCUT2D eigenvalue weighted by Crippen LogP contribution is -2.35. The Labute approximate surface area is 142 Å². The first-order chi connectivity index (χ1) is 11.0. The van der Waals surface area contributed by atoms with Crippen molar-refractivity contribution in [2.24, 2.45) is 11.0 Å². The minimum absolute atomic E-state index is 0.344. The first-order valence-electron chi connectivity index (χ1n) is 7.74. The second kappa shape index (κ2) is 10.0. The van der Waals surface area contributed by atoms with Gasteiger partial charge in [-0.3, -0.25) is 9.59 Å². The Morgan fingerprint density at radius 3 is 2.52 bits per heavy atom. The molecule has 0 spiro atoms. The van der Waals surface area contributed by atoms with Crippen LogP contribution in [-0.4, -0.2) is 40.5 Å². The van der Waals surface area contributed by atoms with Gasteiger partial charge in [-0.15, -0.1) is 0 Å². The molecular formula is C17H24N2O3S. The lowest BCUT2D eigenvalue weighted by Gasteiger charge is -2.18. The van der Waals surface area contributed by atoms with Crippen LogP contribution >= 0.6 is 12.6 Å². The largest absolute Gasteiger partial charge is 0.480 e. The number of carboxylic acids is 1. The fraction of sp³-hybridized carbons (Fsp3) is 0.471. The first-order valence-corrected chi connectivity index (χ1v) is 8.38. The number of thiol groups is 1. The Balaban J connectivity index is 2.79. The molecule has 0 heterocycles. The molecule has 1 unspecified atom stereocenters. The molecule has 0 radical (unpaired) electrons. The van der Waals surface area contributed by atoms with Gasteiger partial charge < -0.3 is 5.11 Å². The van der Waals surface area contributed by atoms with Gasteiger partial charge in [0.2, 0.25) is 5.91 Å². The quantitative estimate of drug-likeness (QED) is 0.414. The number of benzene rings is 1. The van der Waals surface area contributed by atoms with E-state index in [0.717, 1.165) is 29.8 Å². The number of unbranched alkanes of at least 4 members (excludes halogenated alkanes) is 1. The topological polar surface area (TPSA) is 70.0 Å². The first kappa shape index (κ1) is 19.2. The van der Waals surface area contributed by atoms with E-state index in [2.05, 4.69) is 24.7 Å². The molecule has 1 N–H and O–H groups in total. The van der Waals surface area contributed by atoms with E-state index < -0.39 is 12.5 Å². The van der Waals surface area contributed by atoms with Crippen LogP contribution in [0.25, 0.3) is 0 Å². The van der Waals surface area contributed by atoms with E-state index in [1.54, 1.807) is 6.92 Å². The van der Waals surface area contributed by atoms with Gasteiger partial charge in [0.15, 0.2) is 0 Å². The van der Waals surface area contributed by atoms with Gasteiger partial charge in [-0.2, -0.15) is 17.7 Å². The van der Waals surface area contributed by atoms with E-state index in [0.29, 0.717) is 5.75 Å². The predicted molar refractivity (Wildman–Crippen MR) is 95.0 cm³/mol. The number of aliphatic carboxylic acids is 1. The Hall–Kier alpha value is -1.82. The second-order valence-electron chi connectivity index (χ2n) is 5.46. The summed E-state index contributed by atoms with van der Waals surface area (Å²) >= 11 is 4.07. The van der Waals surface area contributed by atoms with E-state index in [4.69, 9.17) is 5.11 Å². The molecule has 0 saturated carbocycles. The normalized spacial score (nSPS) is 12.3. The highest BCUT2D eigenvalue weighted by molar-refractivity contribution is 7.80. The smallest absolute Gasteiger partial charge is 0.325 e. The Morgan fingerprint density at radius 1 is 1.35 bits per heavy atom. The number of carboxylic acid groups (broad SMARTS) is 1. The summed E-state index contributed by atoms with van der Waals surface area (Å²) in [5.41, 5.74) is 2.08. The molecular weight excluding hydrogens is 312 g/mol. The van der Waals surface area contributed by atoms with Crippen LogP contribution in [0.5, 0.6) is 0 Å². The molecule has 126 valence electrons. The van der Waals surface area contributed by atoms with Crippen molar-refractivity contribution < 1.29 is 14.7 Å². The molecule has 1 atom stereocenters. The molecule has 0 aliphatic heterocycles. The Morgan fingerprint density at radius 2 is 2.00 bits per heavy atom. The van der Waals surface area contributed by atoms with Crippen LogP contribution in [0.1, 0.15) is 37.8 Å². The maximum Gasteiger partial charge on any atom is 0.325 e. The van der Waals surface area contributed by atoms with Crippen LogP contribution in [0.2, 0.25) is 0 Å². The van der Waals surface area contributed by atoms with E-state index in [1.807, 2.05) is 24.3 Å². The van der Waals surface area contributed by atoms with Crippen LogP contribution < -0.4 is 0 Å².